The van der Waals surface area contributed by atoms with Crippen LogP contribution in [-0.2, 0) is 25.5 Å². The third kappa shape index (κ3) is 7.28. The Morgan fingerprint density at radius 1 is 0.852 bits per heavy atom. The van der Waals surface area contributed by atoms with Crippen LogP contribution in [0.2, 0.25) is 0 Å². The molecule has 4 heterocycles. The number of benzene rings is 4. The zero-order valence-corrected chi connectivity index (χ0v) is 34.2. The molecule has 0 saturated carbocycles. The van der Waals surface area contributed by atoms with Crippen molar-refractivity contribution >= 4 is 33.0 Å². The molecule has 0 saturated heterocycles. The van der Waals surface area contributed by atoms with Gasteiger partial charge in [-0.2, -0.15) is 0 Å². The van der Waals surface area contributed by atoms with E-state index in [2.05, 4.69) is 112 Å². The summed E-state index contributed by atoms with van der Waals surface area (Å²) in [6, 6.07) is 31.0. The third-order valence-electron chi connectivity index (χ3n) is 9.65. The fraction of sp³-hybridized carbons (Fsp3) is 0.255. The van der Waals surface area contributed by atoms with E-state index < -0.39 is 12.7 Å². The molecule has 5 nitrogen and oxygen atoms in total. The second-order valence-electron chi connectivity index (χ2n) is 15.2. The van der Waals surface area contributed by atoms with Crippen molar-refractivity contribution in [1.82, 2.24) is 19.5 Å². The fourth-order valence-electron chi connectivity index (χ4n) is 6.85. The van der Waals surface area contributed by atoms with Crippen molar-refractivity contribution in [3.8, 4) is 28.3 Å². The summed E-state index contributed by atoms with van der Waals surface area (Å²) in [5.74, 6) is 0.902. The Bertz CT molecular complexity index is 2680. The van der Waals surface area contributed by atoms with E-state index in [-0.39, 0.29) is 36.6 Å². The SMILES string of the molecule is Cc1cncc2nc(-c3[c-]ccc4c3oc3ccccc34)n(-c3c(C(C)C)cccc3C(C)C)c12.[2H]C([2H])([2H])c1c[c-]c(-c2ccc(C(C)(C)C)cn2)c(F)c1.[Ir]. The van der Waals surface area contributed by atoms with E-state index in [1.54, 1.807) is 12.3 Å². The molecule has 0 spiro atoms. The van der Waals surface area contributed by atoms with E-state index in [9.17, 15) is 4.39 Å². The molecule has 0 fully saturated rings. The van der Waals surface area contributed by atoms with Crippen molar-refractivity contribution in [3.05, 3.63) is 143 Å². The summed E-state index contributed by atoms with van der Waals surface area (Å²) in [5, 5.41) is 2.17. The fourth-order valence-corrected chi connectivity index (χ4v) is 6.85. The number of para-hydroxylation sites is 2. The summed E-state index contributed by atoms with van der Waals surface area (Å²) in [6.45, 7) is 15.0. The summed E-state index contributed by atoms with van der Waals surface area (Å²) in [7, 11) is 0. The molecule has 277 valence electrons. The summed E-state index contributed by atoms with van der Waals surface area (Å²) >= 11 is 0. The van der Waals surface area contributed by atoms with Crippen LogP contribution in [-0.4, -0.2) is 19.5 Å². The van der Waals surface area contributed by atoms with Gasteiger partial charge in [0.2, 0.25) is 0 Å². The van der Waals surface area contributed by atoms with Gasteiger partial charge in [-0.15, -0.1) is 42.0 Å². The minimum Gasteiger partial charge on any atom is -0.501 e. The molecule has 4 aromatic carbocycles. The van der Waals surface area contributed by atoms with Crippen molar-refractivity contribution in [3.63, 3.8) is 0 Å². The largest absolute Gasteiger partial charge is 0.501 e. The molecule has 0 aliphatic heterocycles. The number of fused-ring (bicyclic) bond motifs is 4. The molecule has 0 N–H and O–H groups in total. The molecular weight excluding hydrogens is 848 g/mol. The molecule has 4 aromatic heterocycles. The smallest absolute Gasteiger partial charge is 0.120 e. The second kappa shape index (κ2) is 15.4. The molecule has 7 heteroatoms. The van der Waals surface area contributed by atoms with Gasteiger partial charge in [-0.3, -0.25) is 14.4 Å². The Hall–Kier alpha value is -4.97. The van der Waals surface area contributed by atoms with Gasteiger partial charge in [0.15, 0.2) is 0 Å². The number of rotatable bonds is 5. The van der Waals surface area contributed by atoms with Crippen molar-refractivity contribution in [2.24, 2.45) is 0 Å². The Balaban J connectivity index is 0.000000215. The van der Waals surface area contributed by atoms with Gasteiger partial charge in [-0.05, 0) is 58.2 Å². The third-order valence-corrected chi connectivity index (χ3v) is 9.65. The molecule has 0 aliphatic carbocycles. The Morgan fingerprint density at radius 2 is 1.59 bits per heavy atom. The van der Waals surface area contributed by atoms with Crippen LogP contribution in [0, 0.1) is 31.7 Å². The molecule has 0 bridgehead atoms. The molecule has 0 aliphatic rings. The van der Waals surface area contributed by atoms with Gasteiger partial charge in [0, 0.05) is 53.5 Å². The predicted octanol–water partition coefficient (Wildman–Crippen LogP) is 12.6. The van der Waals surface area contributed by atoms with Crippen molar-refractivity contribution in [1.29, 1.82) is 0 Å². The maximum absolute atomic E-state index is 14.1. The van der Waals surface area contributed by atoms with Crippen molar-refractivity contribution < 1.29 is 33.0 Å². The van der Waals surface area contributed by atoms with E-state index >= 15 is 0 Å². The number of furan rings is 1. The Kier molecular flexibility index (Phi) is 9.92. The first-order valence-corrected chi connectivity index (χ1v) is 18.0. The Morgan fingerprint density at radius 3 is 2.24 bits per heavy atom. The zero-order valence-electron chi connectivity index (χ0n) is 34.8. The van der Waals surface area contributed by atoms with Crippen LogP contribution in [0.3, 0.4) is 0 Å². The number of halogens is 1. The van der Waals surface area contributed by atoms with Crippen LogP contribution in [0.4, 0.5) is 4.39 Å². The summed E-state index contributed by atoms with van der Waals surface area (Å²) < 4.78 is 44.6. The second-order valence-corrected chi connectivity index (χ2v) is 15.2. The number of aryl methyl sites for hydroxylation is 2. The van der Waals surface area contributed by atoms with Gasteiger partial charge >= 0.3 is 0 Å². The van der Waals surface area contributed by atoms with Crippen LogP contribution in [0.15, 0.2) is 102 Å². The average Bonchev–Trinajstić information content (AvgIpc) is 3.74. The number of hydrogen-bond acceptors (Lipinski definition) is 4. The maximum atomic E-state index is 14.1. The van der Waals surface area contributed by atoms with Gasteiger partial charge < -0.3 is 14.0 Å². The number of hydrogen-bond donors (Lipinski definition) is 0. The van der Waals surface area contributed by atoms with E-state index in [1.165, 1.54) is 22.9 Å². The minimum absolute atomic E-state index is 0. The van der Waals surface area contributed by atoms with Gasteiger partial charge in [0.25, 0.3) is 0 Å². The minimum atomic E-state index is -2.33. The number of nitrogens with zero attached hydrogens (tertiary/aromatic N) is 4. The zero-order chi connectivity index (χ0) is 40.1. The van der Waals surface area contributed by atoms with Crippen LogP contribution in [0.1, 0.15) is 92.2 Å². The van der Waals surface area contributed by atoms with Gasteiger partial charge in [-0.25, -0.2) is 0 Å². The van der Waals surface area contributed by atoms with Crippen molar-refractivity contribution in [2.45, 2.75) is 79.5 Å². The number of imidazole rings is 1. The summed E-state index contributed by atoms with van der Waals surface area (Å²) in [6.07, 6.45) is 5.48. The number of pyridine rings is 2. The van der Waals surface area contributed by atoms with Crippen LogP contribution in [0.5, 0.6) is 0 Å². The molecule has 54 heavy (non-hydrogen) atoms. The van der Waals surface area contributed by atoms with Gasteiger partial charge in [0.05, 0.1) is 28.6 Å². The topological polar surface area (TPSA) is 56.7 Å². The van der Waals surface area contributed by atoms with E-state index in [4.69, 9.17) is 13.5 Å². The van der Waals surface area contributed by atoms with E-state index in [1.807, 2.05) is 42.7 Å². The van der Waals surface area contributed by atoms with E-state index in [0.29, 0.717) is 17.5 Å². The summed E-state index contributed by atoms with van der Waals surface area (Å²) in [4.78, 5) is 13.9. The molecule has 8 rings (SSSR count). The van der Waals surface area contributed by atoms with Gasteiger partial charge in [-0.1, -0.05) is 120 Å². The van der Waals surface area contributed by atoms with Crippen molar-refractivity contribution in [2.75, 3.05) is 0 Å². The normalized spacial score (nSPS) is 12.8. The predicted molar refractivity (Wildman–Crippen MR) is 215 cm³/mol. The maximum Gasteiger partial charge on any atom is 0.120 e. The molecule has 8 aromatic rings. The molecule has 0 atom stereocenters. The molecule has 0 unspecified atom stereocenters. The number of aromatic nitrogens is 4. The van der Waals surface area contributed by atoms with Crippen LogP contribution >= 0.6 is 0 Å². The first-order chi connectivity index (χ1) is 26.5. The average molecular weight is 896 g/mol. The molecule has 0 amide bonds. The van der Waals surface area contributed by atoms with Gasteiger partial charge in [0.1, 0.15) is 5.58 Å². The van der Waals surface area contributed by atoms with E-state index in [0.717, 1.165) is 61.6 Å². The van der Waals surface area contributed by atoms with Crippen LogP contribution in [0.25, 0.3) is 61.3 Å². The monoisotopic (exact) mass is 896 g/mol. The Labute approximate surface area is 335 Å². The molecular formula is C47H45FIrN4O-2. The first kappa shape index (κ1) is 34.8. The quantitative estimate of drug-likeness (QED) is 0.162. The van der Waals surface area contributed by atoms with Crippen LogP contribution < -0.4 is 0 Å². The standard InChI is InChI=1S/C31H28N3O.C16H17FN.Ir/c1-18(2)21-11-8-12-22(19(3)4)29(21)34-28-20(5)16-32-17-26(28)33-31(34)25-14-9-13-24-23-10-6-7-15-27(23)35-30(24)25;1-11-5-7-13(14(17)9-11)15-8-6-12(10-18-15)16(2,3)4;/h6-13,15-19H,1-5H3;5-6,8-10H,1-4H3;/q2*-1;/i;1D3;. The first-order valence-electron chi connectivity index (χ1n) is 19.5. The summed E-state index contributed by atoms with van der Waals surface area (Å²) in [5.41, 5.74) is 11.0. The molecule has 1 radical (unpaired) electrons.